The summed E-state index contributed by atoms with van der Waals surface area (Å²) < 4.78 is 13.1. The van der Waals surface area contributed by atoms with E-state index in [1.165, 1.54) is 0 Å². The summed E-state index contributed by atoms with van der Waals surface area (Å²) in [5, 5.41) is 7.34. The minimum Gasteiger partial charge on any atom is -0.488 e. The van der Waals surface area contributed by atoms with Gasteiger partial charge in [-0.15, -0.1) is 0 Å². The number of aryl methyl sites for hydroxylation is 1. The van der Waals surface area contributed by atoms with Crippen LogP contribution in [-0.4, -0.2) is 34.9 Å². The van der Waals surface area contributed by atoms with E-state index >= 15 is 0 Å². The van der Waals surface area contributed by atoms with Crippen molar-refractivity contribution >= 4 is 5.91 Å². The topological polar surface area (TPSA) is 65.4 Å². The fourth-order valence-electron chi connectivity index (χ4n) is 3.30. The number of hydrogen-bond donors (Lipinski definition) is 1. The van der Waals surface area contributed by atoms with E-state index in [0.717, 1.165) is 47.6 Å². The molecule has 1 saturated heterocycles. The summed E-state index contributed by atoms with van der Waals surface area (Å²) in [4.78, 5) is 12.3. The van der Waals surface area contributed by atoms with E-state index < -0.39 is 0 Å². The van der Waals surface area contributed by atoms with Gasteiger partial charge in [-0.25, -0.2) is 0 Å². The molecule has 1 fully saturated rings. The number of aromatic nitrogens is 2. The quantitative estimate of drug-likeness (QED) is 0.933. The monoisotopic (exact) mass is 327 g/mol. The molecule has 2 aromatic rings. The molecule has 0 radical (unpaired) electrons. The minimum atomic E-state index is -0.0444. The number of nitrogens with zero attached hydrogens (tertiary/aromatic N) is 2. The molecule has 1 N–H and O–H groups in total. The molecule has 6 heteroatoms. The molecular weight excluding hydrogens is 306 g/mol. The molecule has 4 rings (SSSR count). The summed E-state index contributed by atoms with van der Waals surface area (Å²) in [7, 11) is 0. The van der Waals surface area contributed by atoms with Crippen molar-refractivity contribution in [3.05, 3.63) is 35.5 Å². The molecule has 1 unspecified atom stereocenters. The van der Waals surface area contributed by atoms with Crippen molar-refractivity contribution in [2.24, 2.45) is 0 Å². The van der Waals surface area contributed by atoms with Crippen molar-refractivity contribution < 1.29 is 14.3 Å². The first-order valence-electron chi connectivity index (χ1n) is 8.37. The average Bonchev–Trinajstić information content (AvgIpc) is 3.23. The van der Waals surface area contributed by atoms with Crippen LogP contribution in [0.1, 0.15) is 24.0 Å². The van der Waals surface area contributed by atoms with Gasteiger partial charge >= 0.3 is 0 Å². The van der Waals surface area contributed by atoms with Gasteiger partial charge in [-0.1, -0.05) is 11.6 Å². The number of rotatable bonds is 4. The number of benzene rings is 1. The third-order valence-corrected chi connectivity index (χ3v) is 4.53. The number of ether oxygens (including phenoxy) is 2. The highest BCUT2D eigenvalue weighted by Crippen LogP contribution is 2.37. The van der Waals surface area contributed by atoms with Crippen LogP contribution in [-0.2, 0) is 22.7 Å². The zero-order valence-corrected chi connectivity index (χ0v) is 13.7. The normalized spacial score (nSPS) is 18.6. The van der Waals surface area contributed by atoms with Crippen LogP contribution in [0.2, 0.25) is 0 Å². The first-order valence-corrected chi connectivity index (χ1v) is 8.37. The Labute approximate surface area is 140 Å². The highest BCUT2D eigenvalue weighted by Gasteiger charge is 2.23. The van der Waals surface area contributed by atoms with Crippen LogP contribution >= 0.6 is 0 Å². The summed E-state index contributed by atoms with van der Waals surface area (Å²) >= 11 is 0. The number of amides is 1. The van der Waals surface area contributed by atoms with E-state index in [2.05, 4.69) is 16.5 Å². The number of hydrogen-bond acceptors (Lipinski definition) is 4. The Bertz CT molecular complexity index is 763. The van der Waals surface area contributed by atoms with E-state index in [-0.39, 0.29) is 18.6 Å². The summed E-state index contributed by atoms with van der Waals surface area (Å²) in [5.41, 5.74) is 4.15. The fraction of sp³-hybridized carbons (Fsp3) is 0.444. The van der Waals surface area contributed by atoms with Crippen molar-refractivity contribution in [1.29, 1.82) is 0 Å². The SMILES string of the molecule is Cc1ccc2c(c1)-c1c(cnn1CC(=O)NCC1CCCO1)CO2. The zero-order valence-electron chi connectivity index (χ0n) is 13.7. The van der Waals surface area contributed by atoms with Crippen molar-refractivity contribution in [1.82, 2.24) is 15.1 Å². The Morgan fingerprint density at radius 2 is 2.38 bits per heavy atom. The molecule has 1 aromatic carbocycles. The van der Waals surface area contributed by atoms with E-state index in [4.69, 9.17) is 9.47 Å². The number of nitrogens with one attached hydrogen (secondary N) is 1. The fourth-order valence-corrected chi connectivity index (χ4v) is 3.30. The lowest BCUT2D eigenvalue weighted by Gasteiger charge is -2.20. The van der Waals surface area contributed by atoms with Gasteiger partial charge in [0, 0.05) is 24.3 Å². The van der Waals surface area contributed by atoms with Gasteiger partial charge in [-0.3, -0.25) is 9.48 Å². The molecule has 1 aromatic heterocycles. The molecule has 3 heterocycles. The second kappa shape index (κ2) is 6.28. The molecule has 0 aliphatic carbocycles. The second-order valence-corrected chi connectivity index (χ2v) is 6.40. The van der Waals surface area contributed by atoms with Gasteiger partial charge in [-0.2, -0.15) is 5.10 Å². The van der Waals surface area contributed by atoms with Gasteiger partial charge in [0.25, 0.3) is 0 Å². The molecule has 0 saturated carbocycles. The standard InChI is InChI=1S/C18H21N3O3/c1-12-4-5-16-15(7-12)18-13(11-24-16)8-20-21(18)10-17(22)19-9-14-3-2-6-23-14/h4-5,7-8,14H,2-3,6,9-11H2,1H3,(H,19,22). The molecule has 126 valence electrons. The molecule has 0 spiro atoms. The predicted molar refractivity (Wildman–Crippen MR) is 88.7 cm³/mol. The van der Waals surface area contributed by atoms with E-state index in [9.17, 15) is 4.79 Å². The predicted octanol–water partition coefficient (Wildman–Crippen LogP) is 2.05. The lowest BCUT2D eigenvalue weighted by Crippen LogP contribution is -2.34. The highest BCUT2D eigenvalue weighted by molar-refractivity contribution is 5.78. The summed E-state index contributed by atoms with van der Waals surface area (Å²) in [6, 6.07) is 6.08. The van der Waals surface area contributed by atoms with E-state index in [1.807, 2.05) is 19.1 Å². The zero-order chi connectivity index (χ0) is 16.5. The number of carbonyl (C=O) groups is 1. The third kappa shape index (κ3) is 2.89. The summed E-state index contributed by atoms with van der Waals surface area (Å²) in [6.07, 6.45) is 4.02. The van der Waals surface area contributed by atoms with Gasteiger partial charge in [0.2, 0.25) is 5.91 Å². The highest BCUT2D eigenvalue weighted by atomic mass is 16.5. The van der Waals surface area contributed by atoms with Crippen LogP contribution in [0.15, 0.2) is 24.4 Å². The largest absolute Gasteiger partial charge is 0.488 e. The van der Waals surface area contributed by atoms with Gasteiger partial charge in [0.05, 0.1) is 18.0 Å². The molecular formula is C18H21N3O3. The van der Waals surface area contributed by atoms with Crippen LogP contribution in [0.25, 0.3) is 11.3 Å². The molecule has 1 atom stereocenters. The van der Waals surface area contributed by atoms with Crippen molar-refractivity contribution in [2.75, 3.05) is 13.2 Å². The van der Waals surface area contributed by atoms with Crippen LogP contribution in [0.5, 0.6) is 5.75 Å². The van der Waals surface area contributed by atoms with Gasteiger partial charge in [-0.05, 0) is 31.9 Å². The maximum atomic E-state index is 12.3. The van der Waals surface area contributed by atoms with Gasteiger partial charge in [0.15, 0.2) is 0 Å². The van der Waals surface area contributed by atoms with Crippen molar-refractivity contribution in [3.63, 3.8) is 0 Å². The maximum absolute atomic E-state index is 12.3. The van der Waals surface area contributed by atoms with Crippen LogP contribution in [0.3, 0.4) is 0 Å². The second-order valence-electron chi connectivity index (χ2n) is 6.40. The smallest absolute Gasteiger partial charge is 0.241 e. The molecule has 24 heavy (non-hydrogen) atoms. The van der Waals surface area contributed by atoms with Crippen LogP contribution < -0.4 is 10.1 Å². The Hall–Kier alpha value is -2.34. The minimum absolute atomic E-state index is 0.0444. The van der Waals surface area contributed by atoms with Gasteiger partial charge < -0.3 is 14.8 Å². The first kappa shape index (κ1) is 15.2. The molecule has 6 nitrogen and oxygen atoms in total. The number of fused-ring (bicyclic) bond motifs is 3. The van der Waals surface area contributed by atoms with Crippen molar-refractivity contribution in [3.8, 4) is 17.0 Å². The number of carbonyl (C=O) groups excluding carboxylic acids is 1. The van der Waals surface area contributed by atoms with Gasteiger partial charge in [0.1, 0.15) is 18.9 Å². The molecule has 2 aliphatic heterocycles. The molecule has 1 amide bonds. The lowest BCUT2D eigenvalue weighted by atomic mass is 10.0. The Morgan fingerprint density at radius 3 is 3.21 bits per heavy atom. The van der Waals surface area contributed by atoms with Crippen LogP contribution in [0.4, 0.5) is 0 Å². The Morgan fingerprint density at radius 1 is 1.46 bits per heavy atom. The average molecular weight is 327 g/mol. The Kier molecular flexibility index (Phi) is 3.98. The van der Waals surface area contributed by atoms with E-state index in [0.29, 0.717) is 13.2 Å². The first-order chi connectivity index (χ1) is 11.7. The summed E-state index contributed by atoms with van der Waals surface area (Å²) in [6.45, 7) is 4.10. The van der Waals surface area contributed by atoms with E-state index in [1.54, 1.807) is 10.9 Å². The van der Waals surface area contributed by atoms with Crippen molar-refractivity contribution in [2.45, 2.75) is 39.0 Å². The molecule has 2 aliphatic rings. The maximum Gasteiger partial charge on any atom is 0.241 e. The lowest BCUT2D eigenvalue weighted by molar-refractivity contribution is -0.122. The third-order valence-electron chi connectivity index (χ3n) is 4.53. The van der Waals surface area contributed by atoms with Crippen LogP contribution in [0, 0.1) is 6.92 Å². The Balaban J connectivity index is 1.51. The molecule has 0 bridgehead atoms. The summed E-state index contributed by atoms with van der Waals surface area (Å²) in [5.74, 6) is 0.798.